The van der Waals surface area contributed by atoms with Crippen molar-refractivity contribution in [2.75, 3.05) is 13.2 Å². The van der Waals surface area contributed by atoms with Crippen LogP contribution in [0.1, 0.15) is 43.4 Å². The first-order chi connectivity index (χ1) is 14.7. The van der Waals surface area contributed by atoms with Crippen molar-refractivity contribution in [3.8, 4) is 23.2 Å². The molecule has 1 saturated heterocycles. The molecule has 0 amide bonds. The third-order valence-corrected chi connectivity index (χ3v) is 5.81. The Morgan fingerprint density at radius 3 is 2.97 bits per heavy atom. The van der Waals surface area contributed by atoms with Crippen LogP contribution in [0.15, 0.2) is 30.6 Å². The van der Waals surface area contributed by atoms with Crippen molar-refractivity contribution in [3.63, 3.8) is 0 Å². The minimum Gasteiger partial charge on any atom is -0.473 e. The Balaban J connectivity index is 1.30. The van der Waals surface area contributed by atoms with Crippen molar-refractivity contribution in [2.45, 2.75) is 50.9 Å². The van der Waals surface area contributed by atoms with Crippen molar-refractivity contribution >= 4 is 10.9 Å². The maximum atomic E-state index is 9.30. The number of nitrogens with zero attached hydrogens (tertiary/aromatic N) is 3. The van der Waals surface area contributed by atoms with Crippen LogP contribution < -0.4 is 4.74 Å². The van der Waals surface area contributed by atoms with Crippen molar-refractivity contribution < 1.29 is 14.2 Å². The van der Waals surface area contributed by atoms with Crippen LogP contribution in [0.5, 0.6) is 5.88 Å². The van der Waals surface area contributed by atoms with E-state index in [1.165, 1.54) is 0 Å². The first-order valence-electron chi connectivity index (χ1n) is 10.4. The van der Waals surface area contributed by atoms with Crippen LogP contribution >= 0.6 is 0 Å². The predicted octanol–water partition coefficient (Wildman–Crippen LogP) is 4.26. The highest BCUT2D eigenvalue weighted by Gasteiger charge is 2.47. The van der Waals surface area contributed by atoms with E-state index in [1.807, 2.05) is 25.3 Å². The van der Waals surface area contributed by atoms with Gasteiger partial charge in [0.05, 0.1) is 23.0 Å². The molecule has 3 aromatic rings. The molecule has 2 aromatic heterocycles. The van der Waals surface area contributed by atoms with Gasteiger partial charge in [0.15, 0.2) is 6.29 Å². The number of benzene rings is 1. The summed E-state index contributed by atoms with van der Waals surface area (Å²) in [7, 11) is 0. The molecule has 1 saturated carbocycles. The average molecular weight is 404 g/mol. The lowest BCUT2D eigenvalue weighted by atomic mass is 10.1. The van der Waals surface area contributed by atoms with Crippen molar-refractivity contribution in [2.24, 2.45) is 0 Å². The van der Waals surface area contributed by atoms with E-state index >= 15 is 0 Å². The van der Waals surface area contributed by atoms with Crippen LogP contribution in [0.25, 0.3) is 22.2 Å². The second-order valence-corrected chi connectivity index (χ2v) is 8.07. The van der Waals surface area contributed by atoms with E-state index in [0.29, 0.717) is 18.1 Å². The molecule has 0 radical (unpaired) electrons. The van der Waals surface area contributed by atoms with Gasteiger partial charge >= 0.3 is 0 Å². The number of rotatable bonds is 6. The van der Waals surface area contributed by atoms with E-state index in [9.17, 15) is 5.26 Å². The third kappa shape index (κ3) is 3.64. The van der Waals surface area contributed by atoms with Gasteiger partial charge in [-0.3, -0.25) is 0 Å². The van der Waals surface area contributed by atoms with Crippen LogP contribution in [-0.2, 0) is 9.47 Å². The Hall–Kier alpha value is -2.95. The Labute approximate surface area is 175 Å². The predicted molar refractivity (Wildman–Crippen MR) is 111 cm³/mol. The number of nitriles is 1. The summed E-state index contributed by atoms with van der Waals surface area (Å²) < 4.78 is 17.9. The Morgan fingerprint density at radius 1 is 1.33 bits per heavy atom. The number of nitrogens with one attached hydrogen (secondary N) is 1. The quantitative estimate of drug-likeness (QED) is 0.660. The third-order valence-electron chi connectivity index (χ3n) is 5.81. The van der Waals surface area contributed by atoms with Crippen molar-refractivity contribution in [1.29, 1.82) is 5.26 Å². The van der Waals surface area contributed by atoms with E-state index in [0.717, 1.165) is 66.6 Å². The molecule has 7 heteroatoms. The van der Waals surface area contributed by atoms with E-state index < -0.39 is 0 Å². The molecule has 7 nitrogen and oxygen atoms in total. The number of fused-ring (bicyclic) bond motifs is 1. The largest absolute Gasteiger partial charge is 0.473 e. The zero-order valence-electron chi connectivity index (χ0n) is 17.0. The lowest BCUT2D eigenvalue weighted by molar-refractivity contribution is -0.202. The van der Waals surface area contributed by atoms with Gasteiger partial charge in [0.1, 0.15) is 24.0 Å². The summed E-state index contributed by atoms with van der Waals surface area (Å²) in [4.78, 5) is 12.4. The second kappa shape index (κ2) is 7.71. The molecule has 1 N–H and O–H groups in total. The molecule has 0 spiro atoms. The first kappa shape index (κ1) is 19.0. The van der Waals surface area contributed by atoms with Crippen LogP contribution in [0.3, 0.4) is 0 Å². The van der Waals surface area contributed by atoms with Gasteiger partial charge in [-0.15, -0.1) is 0 Å². The number of hydrogen-bond acceptors (Lipinski definition) is 6. The Morgan fingerprint density at radius 2 is 2.23 bits per heavy atom. The van der Waals surface area contributed by atoms with E-state index in [2.05, 4.69) is 16.0 Å². The number of hydrogen-bond donors (Lipinski definition) is 1. The fourth-order valence-electron chi connectivity index (χ4n) is 3.92. The fourth-order valence-corrected chi connectivity index (χ4v) is 3.92. The molecule has 2 aliphatic rings. The Bertz CT molecular complexity index is 1110. The zero-order valence-corrected chi connectivity index (χ0v) is 17.0. The minimum absolute atomic E-state index is 0.111. The molecule has 5 rings (SSSR count). The monoisotopic (exact) mass is 404 g/mol. The standard InChI is InChI=1S/C23H24N4O3/c1-15-22(29-14-23(8-9-23)30-20-7-2-3-10-28-20)26-13-19(27-15)18-12-25-21-16(11-24)5-4-6-17(18)21/h4-6,12-13,20,25H,2-3,7-10,14H2,1H3. The molecular weight excluding hydrogens is 380 g/mol. The molecule has 30 heavy (non-hydrogen) atoms. The molecule has 1 aliphatic carbocycles. The van der Waals surface area contributed by atoms with Gasteiger partial charge in [0.25, 0.3) is 0 Å². The van der Waals surface area contributed by atoms with Crippen LogP contribution in [-0.4, -0.2) is 40.1 Å². The lowest BCUT2D eigenvalue weighted by Crippen LogP contribution is -2.33. The summed E-state index contributed by atoms with van der Waals surface area (Å²) in [5.41, 5.74) is 3.56. The average Bonchev–Trinajstić information content (AvgIpc) is 3.39. The normalized spacial score (nSPS) is 20.1. The van der Waals surface area contributed by atoms with Gasteiger partial charge in [0.2, 0.25) is 5.88 Å². The molecule has 1 aliphatic heterocycles. The minimum atomic E-state index is -0.251. The summed E-state index contributed by atoms with van der Waals surface area (Å²) in [6, 6.07) is 7.86. The molecule has 3 heterocycles. The first-order valence-corrected chi connectivity index (χ1v) is 10.4. The number of aromatic nitrogens is 3. The Kier molecular flexibility index (Phi) is 4.89. The summed E-state index contributed by atoms with van der Waals surface area (Å²) >= 11 is 0. The molecule has 2 fully saturated rings. The number of ether oxygens (including phenoxy) is 3. The molecule has 154 valence electrons. The van der Waals surface area contributed by atoms with Gasteiger partial charge in [-0.25, -0.2) is 9.97 Å². The number of aryl methyl sites for hydroxylation is 1. The van der Waals surface area contributed by atoms with Gasteiger partial charge in [-0.1, -0.05) is 12.1 Å². The highest BCUT2D eigenvalue weighted by atomic mass is 16.7. The smallest absolute Gasteiger partial charge is 0.235 e. The zero-order chi connectivity index (χ0) is 20.6. The molecule has 1 aromatic carbocycles. The highest BCUT2D eigenvalue weighted by molar-refractivity contribution is 5.97. The van der Waals surface area contributed by atoms with Gasteiger partial charge < -0.3 is 19.2 Å². The van der Waals surface area contributed by atoms with Crippen molar-refractivity contribution in [3.05, 3.63) is 41.9 Å². The summed E-state index contributed by atoms with van der Waals surface area (Å²) in [5, 5.41) is 10.2. The summed E-state index contributed by atoms with van der Waals surface area (Å²) in [6.07, 6.45) is 8.65. The van der Waals surface area contributed by atoms with Gasteiger partial charge in [-0.05, 0) is 45.1 Å². The summed E-state index contributed by atoms with van der Waals surface area (Å²) in [5.74, 6) is 0.524. The van der Waals surface area contributed by atoms with E-state index in [-0.39, 0.29) is 11.9 Å². The van der Waals surface area contributed by atoms with Crippen molar-refractivity contribution in [1.82, 2.24) is 15.0 Å². The molecule has 1 atom stereocenters. The van der Waals surface area contributed by atoms with Gasteiger partial charge in [-0.2, -0.15) is 5.26 Å². The molecule has 0 bridgehead atoms. The van der Waals surface area contributed by atoms with Crippen LogP contribution in [0, 0.1) is 18.3 Å². The highest BCUT2D eigenvalue weighted by Crippen LogP contribution is 2.42. The van der Waals surface area contributed by atoms with Crippen LogP contribution in [0.4, 0.5) is 0 Å². The maximum Gasteiger partial charge on any atom is 0.235 e. The number of aromatic amines is 1. The van der Waals surface area contributed by atoms with Crippen LogP contribution in [0.2, 0.25) is 0 Å². The number of para-hydroxylation sites is 1. The topological polar surface area (TPSA) is 93.1 Å². The second-order valence-electron chi connectivity index (χ2n) is 8.07. The molecule has 1 unspecified atom stereocenters. The molecular formula is C23H24N4O3. The SMILES string of the molecule is Cc1nc(-c2c[nH]c3c(C#N)cccc23)cnc1OCC1(OC2CCCCO2)CC1. The van der Waals surface area contributed by atoms with Gasteiger partial charge in [0, 0.05) is 23.8 Å². The van der Waals surface area contributed by atoms with E-state index in [4.69, 9.17) is 19.2 Å². The lowest BCUT2D eigenvalue weighted by Gasteiger charge is -2.27. The summed E-state index contributed by atoms with van der Waals surface area (Å²) in [6.45, 7) is 3.13. The maximum absolute atomic E-state index is 9.30. The fraction of sp³-hybridized carbons (Fsp3) is 0.435. The van der Waals surface area contributed by atoms with E-state index in [1.54, 1.807) is 12.3 Å². The number of H-pyrrole nitrogens is 1.